The predicted octanol–water partition coefficient (Wildman–Crippen LogP) is 4.24. The first-order valence-corrected chi connectivity index (χ1v) is 8.20. The summed E-state index contributed by atoms with van der Waals surface area (Å²) < 4.78 is 15.5. The lowest BCUT2D eigenvalue weighted by molar-refractivity contribution is 0.629. The molecular formula is C18H14ClFN6. The minimum atomic E-state index is -0.530. The highest BCUT2D eigenvalue weighted by molar-refractivity contribution is 6.30. The molecule has 0 aliphatic rings. The van der Waals surface area contributed by atoms with Crippen LogP contribution in [0.4, 0.5) is 21.8 Å². The number of anilines is 3. The van der Waals surface area contributed by atoms with Crippen molar-refractivity contribution in [1.82, 2.24) is 19.5 Å². The summed E-state index contributed by atoms with van der Waals surface area (Å²) in [7, 11) is 0. The third-order valence-electron chi connectivity index (χ3n) is 3.87. The highest BCUT2D eigenvalue weighted by Gasteiger charge is 2.12. The van der Waals surface area contributed by atoms with E-state index in [9.17, 15) is 4.39 Å². The molecule has 0 bridgehead atoms. The number of aromatic nitrogens is 4. The van der Waals surface area contributed by atoms with Crippen LogP contribution >= 0.6 is 11.6 Å². The van der Waals surface area contributed by atoms with Crippen molar-refractivity contribution >= 4 is 40.1 Å². The number of rotatable bonds is 3. The van der Waals surface area contributed by atoms with E-state index in [0.29, 0.717) is 11.5 Å². The number of imidazole rings is 1. The number of nitrogen functional groups attached to an aromatic ring is 1. The predicted molar refractivity (Wildman–Crippen MR) is 101 cm³/mol. The van der Waals surface area contributed by atoms with E-state index in [1.165, 1.54) is 12.1 Å². The molecule has 0 atom stereocenters. The van der Waals surface area contributed by atoms with E-state index in [-0.39, 0.29) is 16.8 Å². The van der Waals surface area contributed by atoms with Crippen molar-refractivity contribution in [1.29, 1.82) is 0 Å². The van der Waals surface area contributed by atoms with Crippen LogP contribution in [0.2, 0.25) is 5.02 Å². The Kier molecular flexibility index (Phi) is 3.93. The highest BCUT2D eigenvalue weighted by atomic mass is 35.5. The molecule has 0 saturated carbocycles. The molecule has 0 fully saturated rings. The first kappa shape index (κ1) is 16.3. The zero-order valence-electron chi connectivity index (χ0n) is 13.7. The molecule has 0 spiro atoms. The summed E-state index contributed by atoms with van der Waals surface area (Å²) in [5.41, 5.74) is 8.18. The summed E-state index contributed by atoms with van der Waals surface area (Å²) >= 11 is 5.71. The standard InChI is InChI=1S/C18H14ClFN6/c1-10-22-14-4-2-3-5-15(14)26(10)17-9-16(21)24-18(25-17)23-11-6-7-12(19)13(20)8-11/h2-9H,1H3,(H3,21,23,24,25). The fourth-order valence-electron chi connectivity index (χ4n) is 2.76. The van der Waals surface area contributed by atoms with Gasteiger partial charge in [0.2, 0.25) is 5.95 Å². The fourth-order valence-corrected chi connectivity index (χ4v) is 2.88. The van der Waals surface area contributed by atoms with E-state index in [0.717, 1.165) is 16.9 Å². The van der Waals surface area contributed by atoms with Gasteiger partial charge in [-0.15, -0.1) is 0 Å². The quantitative estimate of drug-likeness (QED) is 0.565. The summed E-state index contributed by atoms with van der Waals surface area (Å²) in [5.74, 6) is 1.34. The third kappa shape index (κ3) is 2.93. The van der Waals surface area contributed by atoms with Crippen LogP contribution in [0.1, 0.15) is 5.82 Å². The van der Waals surface area contributed by atoms with Gasteiger partial charge in [-0.2, -0.15) is 9.97 Å². The number of para-hydroxylation sites is 2. The Balaban J connectivity index is 1.79. The number of hydrogen-bond donors (Lipinski definition) is 2. The molecule has 4 rings (SSSR count). The Bertz CT molecular complexity index is 1120. The molecule has 2 aromatic heterocycles. The van der Waals surface area contributed by atoms with Crippen LogP contribution < -0.4 is 11.1 Å². The maximum Gasteiger partial charge on any atom is 0.231 e. The monoisotopic (exact) mass is 368 g/mol. The Labute approximate surface area is 153 Å². The second kappa shape index (κ2) is 6.27. The lowest BCUT2D eigenvalue weighted by atomic mass is 10.3. The van der Waals surface area contributed by atoms with Crippen LogP contribution in [0, 0.1) is 12.7 Å². The average Bonchev–Trinajstić information content (AvgIpc) is 2.93. The number of halogens is 2. The molecule has 0 unspecified atom stereocenters. The molecule has 0 saturated heterocycles. The number of nitrogens with two attached hydrogens (primary N) is 1. The number of nitrogens with zero attached hydrogens (tertiary/aromatic N) is 4. The van der Waals surface area contributed by atoms with Crippen LogP contribution in [0.5, 0.6) is 0 Å². The highest BCUT2D eigenvalue weighted by Crippen LogP contribution is 2.24. The van der Waals surface area contributed by atoms with Crippen molar-refractivity contribution in [3.05, 3.63) is 65.2 Å². The third-order valence-corrected chi connectivity index (χ3v) is 4.17. The minimum Gasteiger partial charge on any atom is -0.383 e. The van der Waals surface area contributed by atoms with E-state index in [1.54, 1.807) is 12.1 Å². The number of benzene rings is 2. The smallest absolute Gasteiger partial charge is 0.231 e. The van der Waals surface area contributed by atoms with Crippen molar-refractivity contribution in [2.75, 3.05) is 11.1 Å². The Morgan fingerprint density at radius 1 is 1.08 bits per heavy atom. The van der Waals surface area contributed by atoms with Crippen LogP contribution in [-0.4, -0.2) is 19.5 Å². The van der Waals surface area contributed by atoms with Gasteiger partial charge >= 0.3 is 0 Å². The first-order chi connectivity index (χ1) is 12.5. The first-order valence-electron chi connectivity index (χ1n) is 7.82. The zero-order chi connectivity index (χ0) is 18.3. The van der Waals surface area contributed by atoms with E-state index < -0.39 is 5.82 Å². The zero-order valence-corrected chi connectivity index (χ0v) is 14.5. The molecule has 3 N–H and O–H groups in total. The number of aryl methyl sites for hydroxylation is 1. The van der Waals surface area contributed by atoms with E-state index >= 15 is 0 Å². The van der Waals surface area contributed by atoms with E-state index in [2.05, 4.69) is 20.3 Å². The second-order valence-electron chi connectivity index (χ2n) is 5.71. The Hall–Kier alpha value is -3.19. The van der Waals surface area contributed by atoms with Gasteiger partial charge in [-0.1, -0.05) is 23.7 Å². The molecular weight excluding hydrogens is 355 g/mol. The van der Waals surface area contributed by atoms with Crippen LogP contribution in [0.3, 0.4) is 0 Å². The van der Waals surface area contributed by atoms with Gasteiger partial charge in [0.25, 0.3) is 0 Å². The number of nitrogens with one attached hydrogen (secondary N) is 1. The fraction of sp³-hybridized carbons (Fsp3) is 0.0556. The Morgan fingerprint density at radius 3 is 2.69 bits per heavy atom. The maximum absolute atomic E-state index is 13.6. The molecule has 6 nitrogen and oxygen atoms in total. The molecule has 2 aromatic carbocycles. The maximum atomic E-state index is 13.6. The molecule has 26 heavy (non-hydrogen) atoms. The summed E-state index contributed by atoms with van der Waals surface area (Å²) in [6, 6.07) is 13.8. The van der Waals surface area contributed by atoms with E-state index in [4.69, 9.17) is 17.3 Å². The molecule has 0 radical (unpaired) electrons. The molecule has 4 aromatic rings. The number of fused-ring (bicyclic) bond motifs is 1. The Morgan fingerprint density at radius 2 is 1.88 bits per heavy atom. The SMILES string of the molecule is Cc1nc2ccccc2n1-c1cc(N)nc(Nc2ccc(Cl)c(F)c2)n1. The molecule has 0 aliphatic carbocycles. The molecule has 2 heterocycles. The molecule has 0 aliphatic heterocycles. The van der Waals surface area contributed by atoms with Gasteiger partial charge in [-0.25, -0.2) is 9.37 Å². The second-order valence-corrected chi connectivity index (χ2v) is 6.12. The van der Waals surface area contributed by atoms with Gasteiger partial charge in [0.05, 0.1) is 16.1 Å². The number of hydrogen-bond acceptors (Lipinski definition) is 5. The van der Waals surface area contributed by atoms with Crippen LogP contribution in [0.25, 0.3) is 16.9 Å². The summed E-state index contributed by atoms with van der Waals surface area (Å²) in [6.45, 7) is 1.89. The summed E-state index contributed by atoms with van der Waals surface area (Å²) in [4.78, 5) is 13.2. The lowest BCUT2D eigenvalue weighted by Gasteiger charge is -2.10. The van der Waals surface area contributed by atoms with Gasteiger partial charge in [-0.3, -0.25) is 4.57 Å². The molecule has 130 valence electrons. The van der Waals surface area contributed by atoms with Gasteiger partial charge in [0.15, 0.2) is 0 Å². The van der Waals surface area contributed by atoms with Crippen LogP contribution in [-0.2, 0) is 0 Å². The normalized spacial score (nSPS) is 11.0. The largest absolute Gasteiger partial charge is 0.383 e. The molecule has 8 heteroatoms. The molecule has 0 amide bonds. The van der Waals surface area contributed by atoms with Gasteiger partial charge in [0.1, 0.15) is 23.3 Å². The lowest BCUT2D eigenvalue weighted by Crippen LogP contribution is -2.07. The van der Waals surface area contributed by atoms with E-state index in [1.807, 2.05) is 35.8 Å². The van der Waals surface area contributed by atoms with Gasteiger partial charge in [-0.05, 0) is 37.3 Å². The minimum absolute atomic E-state index is 0.0465. The van der Waals surface area contributed by atoms with Gasteiger partial charge in [0, 0.05) is 11.8 Å². The van der Waals surface area contributed by atoms with Crippen LogP contribution in [0.15, 0.2) is 48.5 Å². The average molecular weight is 369 g/mol. The summed E-state index contributed by atoms with van der Waals surface area (Å²) in [5, 5.41) is 2.99. The van der Waals surface area contributed by atoms with Crippen molar-refractivity contribution in [2.45, 2.75) is 6.92 Å². The van der Waals surface area contributed by atoms with Gasteiger partial charge < -0.3 is 11.1 Å². The topological polar surface area (TPSA) is 81.7 Å². The van der Waals surface area contributed by atoms with Crippen molar-refractivity contribution in [2.24, 2.45) is 0 Å². The van der Waals surface area contributed by atoms with Crippen molar-refractivity contribution in [3.8, 4) is 5.82 Å². The summed E-state index contributed by atoms with van der Waals surface area (Å²) in [6.07, 6.45) is 0. The van der Waals surface area contributed by atoms with Crippen molar-refractivity contribution in [3.63, 3.8) is 0 Å². The van der Waals surface area contributed by atoms with Crippen molar-refractivity contribution < 1.29 is 4.39 Å².